The molecule has 134 valence electrons. The number of hydrogen-bond acceptors (Lipinski definition) is 4. The Morgan fingerprint density at radius 1 is 1.04 bits per heavy atom. The van der Waals surface area contributed by atoms with E-state index >= 15 is 0 Å². The van der Waals surface area contributed by atoms with Gasteiger partial charge >= 0.3 is 5.97 Å². The van der Waals surface area contributed by atoms with Crippen molar-refractivity contribution in [2.45, 2.75) is 34.6 Å². The number of rotatable bonds is 4. The van der Waals surface area contributed by atoms with Crippen molar-refractivity contribution in [1.82, 2.24) is 4.98 Å². The van der Waals surface area contributed by atoms with Gasteiger partial charge in [-0.2, -0.15) is 0 Å². The van der Waals surface area contributed by atoms with Crippen molar-refractivity contribution in [3.8, 4) is 0 Å². The largest absolute Gasteiger partial charge is 0.462 e. The molecule has 0 saturated carbocycles. The zero-order chi connectivity index (χ0) is 18.8. The number of anilines is 2. The Bertz CT molecular complexity index is 993. The highest BCUT2D eigenvalue weighted by molar-refractivity contribution is 6.06. The van der Waals surface area contributed by atoms with E-state index in [1.54, 1.807) is 13.1 Å². The summed E-state index contributed by atoms with van der Waals surface area (Å²) >= 11 is 0. The summed E-state index contributed by atoms with van der Waals surface area (Å²) in [5.41, 5.74) is 7.64. The number of ether oxygens (including phenoxy) is 1. The lowest BCUT2D eigenvalue weighted by molar-refractivity contribution is 0.0527. The molecule has 0 bridgehead atoms. The number of benzene rings is 2. The molecule has 0 aliphatic rings. The summed E-state index contributed by atoms with van der Waals surface area (Å²) in [6.45, 7) is 10.4. The van der Waals surface area contributed by atoms with Crippen LogP contribution in [0.5, 0.6) is 0 Å². The Balaban J connectivity index is 2.22. The number of esters is 1. The molecular weight excluding hydrogens is 324 g/mol. The van der Waals surface area contributed by atoms with E-state index in [0.29, 0.717) is 12.2 Å². The van der Waals surface area contributed by atoms with Crippen LogP contribution in [-0.4, -0.2) is 17.6 Å². The van der Waals surface area contributed by atoms with Crippen molar-refractivity contribution in [2.24, 2.45) is 0 Å². The van der Waals surface area contributed by atoms with Crippen LogP contribution in [0.2, 0.25) is 0 Å². The van der Waals surface area contributed by atoms with Crippen molar-refractivity contribution in [3.05, 3.63) is 64.3 Å². The summed E-state index contributed by atoms with van der Waals surface area (Å²) in [6.07, 6.45) is 1.60. The van der Waals surface area contributed by atoms with Gasteiger partial charge in [-0.3, -0.25) is 4.98 Å². The van der Waals surface area contributed by atoms with Crippen molar-refractivity contribution in [1.29, 1.82) is 0 Å². The number of nitrogens with zero attached hydrogens (tertiary/aromatic N) is 1. The fraction of sp³-hybridized carbons (Fsp3) is 0.273. The van der Waals surface area contributed by atoms with Gasteiger partial charge in [-0.05, 0) is 69.5 Å². The SMILES string of the molecule is CCOC(=O)c1cnc2c(C)cc(C)cc2c1Nc1ccc(C)c(C)c1. The maximum absolute atomic E-state index is 12.5. The summed E-state index contributed by atoms with van der Waals surface area (Å²) in [5.74, 6) is -0.368. The van der Waals surface area contributed by atoms with Gasteiger partial charge in [0.05, 0.1) is 17.8 Å². The highest BCUT2D eigenvalue weighted by Crippen LogP contribution is 2.32. The summed E-state index contributed by atoms with van der Waals surface area (Å²) in [6, 6.07) is 10.3. The predicted molar refractivity (Wildman–Crippen MR) is 106 cm³/mol. The van der Waals surface area contributed by atoms with Crippen molar-refractivity contribution < 1.29 is 9.53 Å². The number of pyridine rings is 1. The second-order valence-corrected chi connectivity index (χ2v) is 6.67. The molecule has 0 amide bonds. The van der Waals surface area contributed by atoms with Gasteiger partial charge in [0.1, 0.15) is 5.56 Å². The molecule has 26 heavy (non-hydrogen) atoms. The molecule has 1 aromatic heterocycles. The molecule has 0 spiro atoms. The van der Waals surface area contributed by atoms with E-state index in [-0.39, 0.29) is 5.97 Å². The average molecular weight is 348 g/mol. The monoisotopic (exact) mass is 348 g/mol. The van der Waals surface area contributed by atoms with Gasteiger partial charge < -0.3 is 10.1 Å². The molecule has 0 unspecified atom stereocenters. The molecule has 1 heterocycles. The maximum atomic E-state index is 12.5. The van der Waals surface area contributed by atoms with Crippen LogP contribution in [0, 0.1) is 27.7 Å². The van der Waals surface area contributed by atoms with Crippen LogP contribution in [0.3, 0.4) is 0 Å². The third kappa shape index (κ3) is 3.40. The van der Waals surface area contributed by atoms with E-state index in [9.17, 15) is 4.79 Å². The van der Waals surface area contributed by atoms with E-state index in [4.69, 9.17) is 4.74 Å². The van der Waals surface area contributed by atoms with E-state index in [0.717, 1.165) is 33.4 Å². The van der Waals surface area contributed by atoms with Gasteiger partial charge in [0, 0.05) is 17.3 Å². The lowest BCUT2D eigenvalue weighted by Crippen LogP contribution is -2.09. The minimum Gasteiger partial charge on any atom is -0.462 e. The van der Waals surface area contributed by atoms with Gasteiger partial charge in [-0.15, -0.1) is 0 Å². The average Bonchev–Trinajstić information content (AvgIpc) is 2.58. The minimum atomic E-state index is -0.368. The quantitative estimate of drug-likeness (QED) is 0.642. The van der Waals surface area contributed by atoms with Gasteiger partial charge in [0.15, 0.2) is 0 Å². The third-order valence-corrected chi connectivity index (χ3v) is 4.58. The zero-order valence-corrected chi connectivity index (χ0v) is 15.9. The first-order chi connectivity index (χ1) is 12.4. The van der Waals surface area contributed by atoms with Crippen LogP contribution >= 0.6 is 0 Å². The number of carbonyl (C=O) groups excluding carboxylic acids is 1. The number of aromatic nitrogens is 1. The van der Waals surface area contributed by atoms with Crippen LogP contribution in [0.4, 0.5) is 11.4 Å². The normalized spacial score (nSPS) is 10.8. The highest BCUT2D eigenvalue weighted by Gasteiger charge is 2.18. The smallest absolute Gasteiger partial charge is 0.341 e. The van der Waals surface area contributed by atoms with E-state index in [1.807, 2.05) is 19.9 Å². The molecule has 0 saturated heterocycles. The van der Waals surface area contributed by atoms with Gasteiger partial charge in [0.2, 0.25) is 0 Å². The molecule has 0 fully saturated rings. The molecule has 1 N–H and O–H groups in total. The lowest BCUT2D eigenvalue weighted by atomic mass is 10.0. The highest BCUT2D eigenvalue weighted by atomic mass is 16.5. The second kappa shape index (κ2) is 7.16. The Kier molecular flexibility index (Phi) is 4.94. The van der Waals surface area contributed by atoms with Crippen LogP contribution in [0.25, 0.3) is 10.9 Å². The van der Waals surface area contributed by atoms with Crippen LogP contribution in [0.1, 0.15) is 39.5 Å². The minimum absolute atomic E-state index is 0.326. The molecule has 0 atom stereocenters. The molecule has 2 aromatic carbocycles. The van der Waals surface area contributed by atoms with Gasteiger partial charge in [0.25, 0.3) is 0 Å². The van der Waals surface area contributed by atoms with Crippen molar-refractivity contribution >= 4 is 28.2 Å². The number of fused-ring (bicyclic) bond motifs is 1. The van der Waals surface area contributed by atoms with Crippen LogP contribution < -0.4 is 5.32 Å². The first kappa shape index (κ1) is 17.9. The third-order valence-electron chi connectivity index (χ3n) is 4.58. The summed E-state index contributed by atoms with van der Waals surface area (Å²) < 4.78 is 5.24. The lowest BCUT2D eigenvalue weighted by Gasteiger charge is -2.16. The fourth-order valence-electron chi connectivity index (χ4n) is 3.12. The Morgan fingerprint density at radius 3 is 2.50 bits per heavy atom. The maximum Gasteiger partial charge on any atom is 0.341 e. The van der Waals surface area contributed by atoms with Crippen molar-refractivity contribution in [3.63, 3.8) is 0 Å². The van der Waals surface area contributed by atoms with Crippen LogP contribution in [0.15, 0.2) is 36.5 Å². The number of carbonyl (C=O) groups is 1. The summed E-state index contributed by atoms with van der Waals surface area (Å²) in [5, 5.41) is 4.36. The molecule has 4 nitrogen and oxygen atoms in total. The van der Waals surface area contributed by atoms with E-state index in [2.05, 4.69) is 48.4 Å². The molecule has 3 rings (SSSR count). The van der Waals surface area contributed by atoms with Gasteiger partial charge in [-0.25, -0.2) is 4.79 Å². The van der Waals surface area contributed by atoms with E-state index < -0.39 is 0 Å². The van der Waals surface area contributed by atoms with Crippen LogP contribution in [-0.2, 0) is 4.74 Å². The zero-order valence-electron chi connectivity index (χ0n) is 15.9. The predicted octanol–water partition coefficient (Wildman–Crippen LogP) is 5.39. The first-order valence-electron chi connectivity index (χ1n) is 8.82. The Morgan fingerprint density at radius 2 is 1.81 bits per heavy atom. The van der Waals surface area contributed by atoms with Gasteiger partial charge in [-0.1, -0.05) is 17.7 Å². The first-order valence-corrected chi connectivity index (χ1v) is 8.82. The summed E-state index contributed by atoms with van der Waals surface area (Å²) in [7, 11) is 0. The number of aryl methyl sites for hydroxylation is 4. The molecule has 0 aliphatic carbocycles. The van der Waals surface area contributed by atoms with Crippen molar-refractivity contribution in [2.75, 3.05) is 11.9 Å². The summed E-state index contributed by atoms with van der Waals surface area (Å²) in [4.78, 5) is 17.0. The molecule has 3 aromatic rings. The standard InChI is InChI=1S/C22H24N2O2/c1-6-26-22(25)19-12-23-20-16(5)9-13(2)10-18(20)21(19)24-17-8-7-14(3)15(4)11-17/h7-12H,6H2,1-5H3,(H,23,24). The Hall–Kier alpha value is -2.88. The molecule has 4 heteroatoms. The number of nitrogens with one attached hydrogen (secondary N) is 1. The topological polar surface area (TPSA) is 51.2 Å². The fourth-order valence-corrected chi connectivity index (χ4v) is 3.12. The van der Waals surface area contributed by atoms with E-state index in [1.165, 1.54) is 11.1 Å². The molecular formula is C22H24N2O2. The Labute approximate surface area is 154 Å². The molecule has 0 radical (unpaired) electrons. The number of hydrogen-bond donors (Lipinski definition) is 1. The molecule has 0 aliphatic heterocycles. The second-order valence-electron chi connectivity index (χ2n) is 6.67.